The van der Waals surface area contributed by atoms with E-state index in [-0.39, 0.29) is 5.60 Å². The van der Waals surface area contributed by atoms with Crippen molar-refractivity contribution in [3.05, 3.63) is 35.9 Å². The standard InChI is InChI=1S/C15H22N2.C5H10O2/c1-13-10-16(2)15(13)8-9-17(12-15)11-14-6-4-3-5-7-14;1-5(2,3)7-4-6/h3-7,13H,8-12H2,1-2H3;4H,1-3H3. The maximum atomic E-state index is 9.60. The van der Waals surface area contributed by atoms with Crippen LogP contribution in [-0.4, -0.2) is 54.1 Å². The van der Waals surface area contributed by atoms with Gasteiger partial charge in [-0.3, -0.25) is 14.6 Å². The zero-order valence-corrected chi connectivity index (χ0v) is 15.8. The van der Waals surface area contributed by atoms with Crippen LogP contribution in [0.15, 0.2) is 30.3 Å². The Kier molecular flexibility index (Phi) is 6.05. The summed E-state index contributed by atoms with van der Waals surface area (Å²) in [5.41, 5.74) is 1.62. The first-order valence-electron chi connectivity index (χ1n) is 8.86. The molecule has 0 amide bonds. The minimum atomic E-state index is -0.318. The molecule has 0 aliphatic carbocycles. The summed E-state index contributed by atoms with van der Waals surface area (Å²) in [5, 5.41) is 0. The van der Waals surface area contributed by atoms with E-state index in [1.807, 2.05) is 20.8 Å². The lowest BCUT2D eigenvalue weighted by Gasteiger charge is -2.54. The summed E-state index contributed by atoms with van der Waals surface area (Å²) in [6.07, 6.45) is 1.34. The van der Waals surface area contributed by atoms with Gasteiger partial charge in [0.25, 0.3) is 6.47 Å². The fourth-order valence-electron chi connectivity index (χ4n) is 3.76. The molecule has 2 aliphatic heterocycles. The summed E-state index contributed by atoms with van der Waals surface area (Å²) in [6.45, 7) is 13.2. The number of ether oxygens (including phenoxy) is 1. The molecule has 134 valence electrons. The lowest BCUT2D eigenvalue weighted by Crippen LogP contribution is -2.65. The summed E-state index contributed by atoms with van der Waals surface area (Å²) in [7, 11) is 2.28. The number of hydrogen-bond acceptors (Lipinski definition) is 4. The predicted octanol–water partition coefficient (Wildman–Crippen LogP) is 3.17. The van der Waals surface area contributed by atoms with Crippen LogP contribution in [-0.2, 0) is 16.1 Å². The van der Waals surface area contributed by atoms with Crippen LogP contribution >= 0.6 is 0 Å². The van der Waals surface area contributed by atoms with Crippen molar-refractivity contribution in [2.75, 3.05) is 26.7 Å². The van der Waals surface area contributed by atoms with Crippen molar-refractivity contribution in [2.45, 2.75) is 51.8 Å². The fraction of sp³-hybridized carbons (Fsp3) is 0.650. The molecule has 2 aliphatic rings. The molecule has 4 nitrogen and oxygen atoms in total. The number of hydrogen-bond donors (Lipinski definition) is 0. The molecule has 2 saturated heterocycles. The molecule has 0 bridgehead atoms. The second-order valence-corrected chi connectivity index (χ2v) is 8.16. The minimum Gasteiger partial charge on any atom is -0.462 e. The number of likely N-dealkylation sites (N-methyl/N-ethyl adjacent to an activating group) is 1. The SMILES string of the molecule is CC(C)(C)OC=O.CC1CN(C)C12CCN(Cc1ccccc1)C2. The van der Waals surface area contributed by atoms with Gasteiger partial charge in [-0.25, -0.2) is 0 Å². The van der Waals surface area contributed by atoms with E-state index in [4.69, 9.17) is 0 Å². The van der Waals surface area contributed by atoms with Crippen LogP contribution in [0.2, 0.25) is 0 Å². The van der Waals surface area contributed by atoms with E-state index in [9.17, 15) is 4.79 Å². The lowest BCUT2D eigenvalue weighted by molar-refractivity contribution is -0.138. The summed E-state index contributed by atoms with van der Waals surface area (Å²) < 4.78 is 4.55. The van der Waals surface area contributed by atoms with Gasteiger partial charge in [0.15, 0.2) is 0 Å². The Morgan fingerprint density at radius 3 is 2.38 bits per heavy atom. The van der Waals surface area contributed by atoms with Crippen molar-refractivity contribution < 1.29 is 9.53 Å². The quantitative estimate of drug-likeness (QED) is 0.796. The number of likely N-dealkylation sites (tertiary alicyclic amines) is 2. The second-order valence-electron chi connectivity index (χ2n) is 8.16. The van der Waals surface area contributed by atoms with E-state index in [0.29, 0.717) is 12.0 Å². The highest BCUT2D eigenvalue weighted by molar-refractivity contribution is 5.37. The average molecular weight is 332 g/mol. The van der Waals surface area contributed by atoms with Gasteiger partial charge >= 0.3 is 0 Å². The molecule has 0 aromatic heterocycles. The summed E-state index contributed by atoms with van der Waals surface area (Å²) in [6, 6.07) is 10.8. The number of nitrogens with zero attached hydrogens (tertiary/aromatic N) is 2. The molecule has 4 heteroatoms. The van der Waals surface area contributed by atoms with Gasteiger partial charge in [-0.15, -0.1) is 0 Å². The van der Waals surface area contributed by atoms with Gasteiger partial charge in [-0.2, -0.15) is 0 Å². The molecule has 2 unspecified atom stereocenters. The van der Waals surface area contributed by atoms with Crippen LogP contribution < -0.4 is 0 Å². The topological polar surface area (TPSA) is 32.8 Å². The van der Waals surface area contributed by atoms with Crippen LogP contribution in [0.4, 0.5) is 0 Å². The van der Waals surface area contributed by atoms with Crippen molar-refractivity contribution in [3.63, 3.8) is 0 Å². The Bertz CT molecular complexity index is 516. The van der Waals surface area contributed by atoms with E-state index in [0.717, 1.165) is 12.5 Å². The molecular formula is C20H32N2O2. The van der Waals surface area contributed by atoms with Crippen LogP contribution in [0, 0.1) is 5.92 Å². The largest absolute Gasteiger partial charge is 0.462 e. The second kappa shape index (κ2) is 7.66. The molecule has 24 heavy (non-hydrogen) atoms. The molecule has 3 rings (SSSR count). The lowest BCUT2D eigenvalue weighted by atomic mass is 9.75. The maximum Gasteiger partial charge on any atom is 0.293 e. The maximum absolute atomic E-state index is 9.60. The molecule has 0 saturated carbocycles. The highest BCUT2D eigenvalue weighted by Crippen LogP contribution is 2.42. The zero-order chi connectivity index (χ0) is 17.8. The van der Waals surface area contributed by atoms with Gasteiger partial charge in [0.2, 0.25) is 0 Å². The van der Waals surface area contributed by atoms with Crippen molar-refractivity contribution >= 4 is 6.47 Å². The predicted molar refractivity (Wildman–Crippen MR) is 97.8 cm³/mol. The van der Waals surface area contributed by atoms with Crippen molar-refractivity contribution in [1.29, 1.82) is 0 Å². The average Bonchev–Trinajstić information content (AvgIpc) is 2.95. The smallest absolute Gasteiger partial charge is 0.293 e. The van der Waals surface area contributed by atoms with Gasteiger partial charge in [-0.1, -0.05) is 37.3 Å². The zero-order valence-electron chi connectivity index (χ0n) is 15.8. The van der Waals surface area contributed by atoms with E-state index in [1.165, 1.54) is 31.6 Å². The van der Waals surface area contributed by atoms with Crippen molar-refractivity contribution in [2.24, 2.45) is 5.92 Å². The highest BCUT2D eigenvalue weighted by Gasteiger charge is 2.52. The molecule has 1 aromatic carbocycles. The molecule has 2 fully saturated rings. The van der Waals surface area contributed by atoms with Gasteiger partial charge < -0.3 is 4.74 Å². The summed E-state index contributed by atoms with van der Waals surface area (Å²) >= 11 is 0. The first kappa shape index (κ1) is 18.9. The normalized spacial score (nSPS) is 27.3. The molecule has 1 aromatic rings. The Balaban J connectivity index is 0.000000256. The first-order valence-corrected chi connectivity index (χ1v) is 8.86. The van der Waals surface area contributed by atoms with Gasteiger partial charge in [0.1, 0.15) is 5.60 Å². The highest BCUT2D eigenvalue weighted by atomic mass is 16.5. The third-order valence-corrected chi connectivity index (χ3v) is 5.23. The molecule has 0 N–H and O–H groups in total. The van der Waals surface area contributed by atoms with E-state index in [2.05, 4.69) is 58.8 Å². The van der Waals surface area contributed by atoms with E-state index < -0.39 is 0 Å². The molecule has 0 radical (unpaired) electrons. The van der Waals surface area contributed by atoms with Crippen LogP contribution in [0.1, 0.15) is 39.7 Å². The molecule has 2 atom stereocenters. The Hall–Kier alpha value is -1.39. The third-order valence-electron chi connectivity index (χ3n) is 5.23. The van der Waals surface area contributed by atoms with Crippen molar-refractivity contribution in [1.82, 2.24) is 9.80 Å². The Morgan fingerprint density at radius 2 is 1.96 bits per heavy atom. The Labute approximate surface area is 146 Å². The Morgan fingerprint density at radius 1 is 1.29 bits per heavy atom. The fourth-order valence-corrected chi connectivity index (χ4v) is 3.76. The van der Waals surface area contributed by atoms with Crippen LogP contribution in [0.25, 0.3) is 0 Å². The van der Waals surface area contributed by atoms with Crippen molar-refractivity contribution in [3.8, 4) is 0 Å². The monoisotopic (exact) mass is 332 g/mol. The number of benzene rings is 1. The van der Waals surface area contributed by atoms with Gasteiger partial charge in [0.05, 0.1) is 0 Å². The first-order chi connectivity index (χ1) is 11.3. The molecule has 2 heterocycles. The molecule has 1 spiro atoms. The molecular weight excluding hydrogens is 300 g/mol. The number of rotatable bonds is 3. The van der Waals surface area contributed by atoms with E-state index in [1.54, 1.807) is 0 Å². The summed E-state index contributed by atoms with van der Waals surface area (Å²) in [5.74, 6) is 0.869. The van der Waals surface area contributed by atoms with E-state index >= 15 is 0 Å². The van der Waals surface area contributed by atoms with Gasteiger partial charge in [-0.05, 0) is 45.7 Å². The summed E-state index contributed by atoms with van der Waals surface area (Å²) in [4.78, 5) is 14.8. The third kappa shape index (κ3) is 4.58. The number of carbonyl (C=O) groups excluding carboxylic acids is 1. The van der Waals surface area contributed by atoms with Crippen LogP contribution in [0.5, 0.6) is 0 Å². The van der Waals surface area contributed by atoms with Gasteiger partial charge in [0, 0.05) is 31.7 Å². The number of carbonyl (C=O) groups is 1. The van der Waals surface area contributed by atoms with Crippen LogP contribution in [0.3, 0.4) is 0 Å². The minimum absolute atomic E-state index is 0.318.